The quantitative estimate of drug-likeness (QED) is 0.491. The van der Waals surface area contributed by atoms with Gasteiger partial charge in [0.2, 0.25) is 0 Å². The number of amides is 2. The van der Waals surface area contributed by atoms with Gasteiger partial charge in [0.05, 0.1) is 4.92 Å². The molecule has 1 fully saturated rings. The lowest BCUT2D eigenvalue weighted by Crippen LogP contribution is -2.53. The van der Waals surface area contributed by atoms with Gasteiger partial charge in [0.1, 0.15) is 0 Å². The third kappa shape index (κ3) is 4.67. The molecule has 132 valence electrons. The summed E-state index contributed by atoms with van der Waals surface area (Å²) in [6.45, 7) is 0.570. The number of anilines is 1. The van der Waals surface area contributed by atoms with Gasteiger partial charge in [-0.15, -0.1) is 0 Å². The first-order valence-corrected chi connectivity index (χ1v) is 8.40. The van der Waals surface area contributed by atoms with Crippen molar-refractivity contribution >= 4 is 17.4 Å². The Hall–Kier alpha value is -2.15. The van der Waals surface area contributed by atoms with Crippen LogP contribution < -0.4 is 10.6 Å². The Morgan fingerprint density at radius 3 is 2.50 bits per heavy atom. The molecule has 2 amide bonds. The fourth-order valence-corrected chi connectivity index (χ4v) is 3.29. The van der Waals surface area contributed by atoms with Crippen molar-refractivity contribution in [1.82, 2.24) is 10.2 Å². The first-order valence-electron chi connectivity index (χ1n) is 8.40. The zero-order chi connectivity index (χ0) is 17.6. The molecule has 7 nitrogen and oxygen atoms in total. The van der Waals surface area contributed by atoms with Crippen molar-refractivity contribution < 1.29 is 9.72 Å². The molecule has 1 aliphatic rings. The number of carbonyl (C=O) groups excluding carboxylic acids is 1. The molecule has 0 bridgehead atoms. The average molecular weight is 334 g/mol. The van der Waals surface area contributed by atoms with Gasteiger partial charge in [0.15, 0.2) is 0 Å². The maximum Gasteiger partial charge on any atom is 0.319 e. The molecule has 0 radical (unpaired) electrons. The highest BCUT2D eigenvalue weighted by Gasteiger charge is 2.33. The Morgan fingerprint density at radius 2 is 1.92 bits per heavy atom. The number of nitro benzene ring substituents is 1. The van der Waals surface area contributed by atoms with Crippen LogP contribution in [0.1, 0.15) is 38.5 Å². The maximum absolute atomic E-state index is 12.2. The molecule has 0 spiro atoms. The van der Waals surface area contributed by atoms with Crippen molar-refractivity contribution in [3.05, 3.63) is 34.4 Å². The largest absolute Gasteiger partial charge is 0.336 e. The van der Waals surface area contributed by atoms with E-state index in [9.17, 15) is 14.9 Å². The van der Waals surface area contributed by atoms with E-state index in [1.807, 2.05) is 0 Å². The van der Waals surface area contributed by atoms with Crippen molar-refractivity contribution in [2.75, 3.05) is 26.0 Å². The fraction of sp³-hybridized carbons (Fsp3) is 0.588. The molecule has 1 aromatic rings. The van der Waals surface area contributed by atoms with Crippen molar-refractivity contribution in [2.24, 2.45) is 0 Å². The van der Waals surface area contributed by atoms with Crippen LogP contribution in [0.5, 0.6) is 0 Å². The number of carbonyl (C=O) groups is 1. The first-order chi connectivity index (χ1) is 11.4. The van der Waals surface area contributed by atoms with E-state index < -0.39 is 4.92 Å². The van der Waals surface area contributed by atoms with Crippen LogP contribution in [0.4, 0.5) is 16.2 Å². The minimum atomic E-state index is -0.477. The minimum Gasteiger partial charge on any atom is -0.336 e. The van der Waals surface area contributed by atoms with Crippen LogP contribution in [0.3, 0.4) is 0 Å². The second-order valence-corrected chi connectivity index (χ2v) is 6.65. The van der Waals surface area contributed by atoms with Crippen LogP contribution in [-0.4, -0.2) is 42.0 Å². The molecular weight excluding hydrogens is 308 g/mol. The Kier molecular flexibility index (Phi) is 6.14. The summed E-state index contributed by atoms with van der Waals surface area (Å²) < 4.78 is 0. The minimum absolute atomic E-state index is 0.0173. The number of benzene rings is 1. The SMILES string of the molecule is CN(C)C1(CNC(=O)Nc2cccc([N+](=O)[O-])c2)CCCCCC1. The van der Waals surface area contributed by atoms with Crippen LogP contribution in [0.15, 0.2) is 24.3 Å². The molecular formula is C17H26N4O3. The molecule has 1 saturated carbocycles. The van der Waals surface area contributed by atoms with Crippen LogP contribution in [-0.2, 0) is 0 Å². The second-order valence-electron chi connectivity index (χ2n) is 6.65. The van der Waals surface area contributed by atoms with Gasteiger partial charge in [0.25, 0.3) is 5.69 Å². The number of rotatable bonds is 5. The number of nitro groups is 1. The van der Waals surface area contributed by atoms with E-state index in [2.05, 4.69) is 29.6 Å². The highest BCUT2D eigenvalue weighted by Crippen LogP contribution is 2.30. The Morgan fingerprint density at radius 1 is 1.25 bits per heavy atom. The highest BCUT2D eigenvalue weighted by atomic mass is 16.6. The van der Waals surface area contributed by atoms with E-state index in [4.69, 9.17) is 0 Å². The lowest BCUT2D eigenvalue weighted by molar-refractivity contribution is -0.384. The standard InChI is InChI=1S/C17H26N4O3/c1-20(2)17(10-5-3-4-6-11-17)13-18-16(22)19-14-8-7-9-15(12-14)21(23)24/h7-9,12H,3-6,10-11,13H2,1-2H3,(H2,18,19,22). The summed E-state index contributed by atoms with van der Waals surface area (Å²) in [5.74, 6) is 0. The Labute approximate surface area is 142 Å². The lowest BCUT2D eigenvalue weighted by Gasteiger charge is -2.39. The predicted molar refractivity (Wildman–Crippen MR) is 94.2 cm³/mol. The average Bonchev–Trinajstić information content (AvgIpc) is 2.80. The fourth-order valence-electron chi connectivity index (χ4n) is 3.29. The van der Waals surface area contributed by atoms with E-state index in [0.29, 0.717) is 12.2 Å². The molecule has 2 rings (SSSR count). The van der Waals surface area contributed by atoms with Gasteiger partial charge >= 0.3 is 6.03 Å². The summed E-state index contributed by atoms with van der Waals surface area (Å²) in [6.07, 6.45) is 6.97. The molecule has 1 aliphatic carbocycles. The number of non-ortho nitro benzene ring substituents is 1. The topological polar surface area (TPSA) is 87.5 Å². The summed E-state index contributed by atoms with van der Waals surface area (Å²) in [7, 11) is 4.12. The van der Waals surface area contributed by atoms with E-state index in [1.54, 1.807) is 12.1 Å². The van der Waals surface area contributed by atoms with Gasteiger partial charge < -0.3 is 15.5 Å². The van der Waals surface area contributed by atoms with Crippen LogP contribution >= 0.6 is 0 Å². The molecule has 2 N–H and O–H groups in total. The summed E-state index contributed by atoms with van der Waals surface area (Å²) in [6, 6.07) is 5.61. The predicted octanol–water partition coefficient (Wildman–Crippen LogP) is 3.37. The van der Waals surface area contributed by atoms with Crippen LogP contribution in [0.2, 0.25) is 0 Å². The number of hydrogen-bond donors (Lipinski definition) is 2. The lowest BCUT2D eigenvalue weighted by atomic mass is 9.89. The third-order valence-electron chi connectivity index (χ3n) is 4.88. The molecule has 0 aromatic heterocycles. The van der Waals surface area contributed by atoms with Gasteiger partial charge in [-0.1, -0.05) is 31.7 Å². The molecule has 0 aliphatic heterocycles. The van der Waals surface area contributed by atoms with Crippen LogP contribution in [0, 0.1) is 10.1 Å². The highest BCUT2D eigenvalue weighted by molar-refractivity contribution is 5.89. The van der Waals surface area contributed by atoms with E-state index in [1.165, 1.54) is 37.8 Å². The van der Waals surface area contributed by atoms with E-state index >= 15 is 0 Å². The molecule has 0 unspecified atom stereocenters. The molecule has 0 heterocycles. The normalized spacial score (nSPS) is 17.1. The van der Waals surface area contributed by atoms with E-state index in [-0.39, 0.29) is 17.3 Å². The second kappa shape index (κ2) is 8.10. The summed E-state index contributed by atoms with van der Waals surface area (Å²) in [5, 5.41) is 16.4. The van der Waals surface area contributed by atoms with Crippen molar-refractivity contribution in [1.29, 1.82) is 0 Å². The maximum atomic E-state index is 12.2. The third-order valence-corrected chi connectivity index (χ3v) is 4.88. The summed E-state index contributed by atoms with van der Waals surface area (Å²) in [5.41, 5.74) is 0.360. The smallest absolute Gasteiger partial charge is 0.319 e. The van der Waals surface area contributed by atoms with Gasteiger partial charge in [-0.3, -0.25) is 10.1 Å². The first kappa shape index (κ1) is 18.2. The zero-order valence-corrected chi connectivity index (χ0v) is 14.4. The van der Waals surface area contributed by atoms with Gasteiger partial charge in [-0.05, 0) is 33.0 Å². The molecule has 1 aromatic carbocycles. The molecule has 7 heteroatoms. The van der Waals surface area contributed by atoms with Gasteiger partial charge in [-0.2, -0.15) is 0 Å². The molecule has 0 atom stereocenters. The number of nitrogens with zero attached hydrogens (tertiary/aromatic N) is 2. The Bertz CT molecular complexity index is 581. The number of hydrogen-bond acceptors (Lipinski definition) is 4. The summed E-state index contributed by atoms with van der Waals surface area (Å²) in [4.78, 5) is 24.7. The molecule has 24 heavy (non-hydrogen) atoms. The number of likely N-dealkylation sites (N-methyl/N-ethyl adjacent to an activating group) is 1. The van der Waals surface area contributed by atoms with Crippen LogP contribution in [0.25, 0.3) is 0 Å². The zero-order valence-electron chi connectivity index (χ0n) is 14.4. The Balaban J connectivity index is 1.96. The monoisotopic (exact) mass is 334 g/mol. The van der Waals surface area contributed by atoms with Crippen molar-refractivity contribution in [3.8, 4) is 0 Å². The number of urea groups is 1. The van der Waals surface area contributed by atoms with Gasteiger partial charge in [-0.25, -0.2) is 4.79 Å². The molecule has 0 saturated heterocycles. The van der Waals surface area contributed by atoms with E-state index in [0.717, 1.165) is 12.8 Å². The summed E-state index contributed by atoms with van der Waals surface area (Å²) >= 11 is 0. The van der Waals surface area contributed by atoms with Crippen molar-refractivity contribution in [2.45, 2.75) is 44.1 Å². The van der Waals surface area contributed by atoms with Gasteiger partial charge in [0, 0.05) is 29.9 Å². The number of nitrogens with one attached hydrogen (secondary N) is 2. The van der Waals surface area contributed by atoms with Crippen molar-refractivity contribution in [3.63, 3.8) is 0 Å².